The van der Waals surface area contributed by atoms with Crippen LogP contribution in [-0.4, -0.2) is 23.1 Å². The van der Waals surface area contributed by atoms with Gasteiger partial charge in [-0.05, 0) is 12.1 Å². The predicted octanol–water partition coefficient (Wildman–Crippen LogP) is 2.21. The molecule has 0 amide bonds. The highest BCUT2D eigenvalue weighted by Crippen LogP contribution is 2.19. The molecule has 0 saturated heterocycles. The van der Waals surface area contributed by atoms with E-state index < -0.39 is 0 Å². The van der Waals surface area contributed by atoms with Gasteiger partial charge < -0.3 is 15.8 Å². The largest absolute Gasteiger partial charge is 0.492 e. The Bertz CT molecular complexity index is 504. The van der Waals surface area contributed by atoms with Gasteiger partial charge in [-0.15, -0.1) is 0 Å². The van der Waals surface area contributed by atoms with Gasteiger partial charge in [0.05, 0.1) is 17.4 Å². The van der Waals surface area contributed by atoms with E-state index in [4.69, 9.17) is 22.1 Å². The van der Waals surface area contributed by atoms with Gasteiger partial charge in [0.25, 0.3) is 0 Å². The van der Waals surface area contributed by atoms with Crippen LogP contribution < -0.4 is 15.8 Å². The molecule has 1 aromatic carbocycles. The van der Waals surface area contributed by atoms with Gasteiger partial charge in [0, 0.05) is 18.3 Å². The molecule has 1 aromatic heterocycles. The summed E-state index contributed by atoms with van der Waals surface area (Å²) in [6.07, 6.45) is 3.07. The SMILES string of the molecule is NCCOc1cccc(Nc2ncc(Cl)cn2)c1. The number of rotatable bonds is 5. The maximum absolute atomic E-state index is 5.71. The average Bonchev–Trinajstić information content (AvgIpc) is 2.40. The fraction of sp³-hybridized carbons (Fsp3) is 0.167. The molecule has 0 aliphatic rings. The quantitative estimate of drug-likeness (QED) is 0.866. The van der Waals surface area contributed by atoms with Crippen molar-refractivity contribution in [1.82, 2.24) is 9.97 Å². The Balaban J connectivity index is 2.06. The number of hydrogen-bond donors (Lipinski definition) is 2. The molecule has 6 heteroatoms. The molecule has 0 fully saturated rings. The van der Waals surface area contributed by atoms with E-state index in [0.29, 0.717) is 24.1 Å². The minimum absolute atomic E-state index is 0.482. The van der Waals surface area contributed by atoms with Crippen molar-refractivity contribution in [2.24, 2.45) is 5.73 Å². The molecule has 0 unspecified atom stereocenters. The third kappa shape index (κ3) is 3.58. The summed E-state index contributed by atoms with van der Waals surface area (Å²) < 4.78 is 5.43. The lowest BCUT2D eigenvalue weighted by Crippen LogP contribution is -2.10. The standard InChI is InChI=1S/C12H13ClN4O/c13-9-7-15-12(16-8-9)17-10-2-1-3-11(6-10)18-5-4-14/h1-3,6-8H,4-5,14H2,(H,15,16,17). The highest BCUT2D eigenvalue weighted by molar-refractivity contribution is 6.30. The number of hydrogen-bond acceptors (Lipinski definition) is 5. The molecular formula is C12H13ClN4O. The zero-order chi connectivity index (χ0) is 12.8. The van der Waals surface area contributed by atoms with Gasteiger partial charge in [-0.3, -0.25) is 0 Å². The number of anilines is 2. The zero-order valence-electron chi connectivity index (χ0n) is 9.64. The predicted molar refractivity (Wildman–Crippen MR) is 71.3 cm³/mol. The molecule has 0 atom stereocenters. The van der Waals surface area contributed by atoms with Crippen LogP contribution >= 0.6 is 11.6 Å². The normalized spacial score (nSPS) is 10.1. The lowest BCUT2D eigenvalue weighted by Gasteiger charge is -2.08. The average molecular weight is 265 g/mol. The molecule has 0 spiro atoms. The van der Waals surface area contributed by atoms with Gasteiger partial charge in [-0.1, -0.05) is 17.7 Å². The van der Waals surface area contributed by atoms with Crippen LogP contribution in [-0.2, 0) is 0 Å². The highest BCUT2D eigenvalue weighted by atomic mass is 35.5. The summed E-state index contributed by atoms with van der Waals surface area (Å²) in [5, 5.41) is 3.56. The molecule has 5 nitrogen and oxygen atoms in total. The highest BCUT2D eigenvalue weighted by Gasteiger charge is 1.99. The van der Waals surface area contributed by atoms with Gasteiger partial charge in [-0.2, -0.15) is 0 Å². The first-order valence-electron chi connectivity index (χ1n) is 5.45. The number of halogens is 1. The van der Waals surface area contributed by atoms with Crippen molar-refractivity contribution in [3.05, 3.63) is 41.7 Å². The molecule has 2 aromatic rings. The van der Waals surface area contributed by atoms with Crippen LogP contribution in [0.15, 0.2) is 36.7 Å². The molecule has 0 aliphatic heterocycles. The fourth-order valence-corrected chi connectivity index (χ4v) is 1.44. The minimum Gasteiger partial charge on any atom is -0.492 e. The van der Waals surface area contributed by atoms with Crippen molar-refractivity contribution < 1.29 is 4.74 Å². The topological polar surface area (TPSA) is 73.1 Å². The van der Waals surface area contributed by atoms with Crippen LogP contribution in [0.1, 0.15) is 0 Å². The van der Waals surface area contributed by atoms with E-state index >= 15 is 0 Å². The van der Waals surface area contributed by atoms with Crippen molar-refractivity contribution in [3.63, 3.8) is 0 Å². The first kappa shape index (κ1) is 12.6. The summed E-state index contributed by atoms with van der Waals surface area (Å²) >= 11 is 5.71. The van der Waals surface area contributed by atoms with E-state index in [0.717, 1.165) is 11.4 Å². The second-order valence-corrected chi connectivity index (χ2v) is 3.95. The van der Waals surface area contributed by atoms with Crippen LogP contribution in [0.2, 0.25) is 5.02 Å². The molecule has 2 rings (SSSR count). The Hall–Kier alpha value is -1.85. The molecule has 0 aliphatic carbocycles. The lowest BCUT2D eigenvalue weighted by atomic mass is 10.3. The first-order valence-corrected chi connectivity index (χ1v) is 5.83. The van der Waals surface area contributed by atoms with E-state index in [1.807, 2.05) is 24.3 Å². The van der Waals surface area contributed by atoms with E-state index in [1.54, 1.807) is 0 Å². The Morgan fingerprint density at radius 3 is 2.78 bits per heavy atom. The van der Waals surface area contributed by atoms with Crippen molar-refractivity contribution in [2.75, 3.05) is 18.5 Å². The first-order chi connectivity index (χ1) is 8.78. The van der Waals surface area contributed by atoms with Crippen molar-refractivity contribution >= 4 is 23.2 Å². The zero-order valence-corrected chi connectivity index (χ0v) is 10.4. The third-order valence-electron chi connectivity index (χ3n) is 2.10. The summed E-state index contributed by atoms with van der Waals surface area (Å²) in [7, 11) is 0. The van der Waals surface area contributed by atoms with Gasteiger partial charge in [-0.25, -0.2) is 9.97 Å². The van der Waals surface area contributed by atoms with E-state index in [9.17, 15) is 0 Å². The van der Waals surface area contributed by atoms with Crippen LogP contribution in [0.3, 0.4) is 0 Å². The smallest absolute Gasteiger partial charge is 0.227 e. The summed E-state index contributed by atoms with van der Waals surface area (Å²) in [4.78, 5) is 8.10. The molecule has 18 heavy (non-hydrogen) atoms. The van der Waals surface area contributed by atoms with E-state index in [-0.39, 0.29) is 0 Å². The van der Waals surface area contributed by atoms with Crippen molar-refractivity contribution in [3.8, 4) is 5.75 Å². The second kappa shape index (κ2) is 6.18. The Kier molecular flexibility index (Phi) is 4.33. The third-order valence-corrected chi connectivity index (χ3v) is 2.29. The summed E-state index contributed by atoms with van der Waals surface area (Å²) in [5.74, 6) is 1.23. The fourth-order valence-electron chi connectivity index (χ4n) is 1.35. The van der Waals surface area contributed by atoms with Crippen LogP contribution in [0.4, 0.5) is 11.6 Å². The maximum Gasteiger partial charge on any atom is 0.227 e. The van der Waals surface area contributed by atoms with E-state index in [1.165, 1.54) is 12.4 Å². The van der Waals surface area contributed by atoms with Crippen molar-refractivity contribution in [2.45, 2.75) is 0 Å². The molecule has 94 valence electrons. The molecule has 0 radical (unpaired) electrons. The Labute approximate surface area is 110 Å². The molecular weight excluding hydrogens is 252 g/mol. The maximum atomic E-state index is 5.71. The Morgan fingerprint density at radius 2 is 2.06 bits per heavy atom. The van der Waals surface area contributed by atoms with Gasteiger partial charge in [0.2, 0.25) is 5.95 Å². The van der Waals surface area contributed by atoms with Crippen LogP contribution in [0, 0.1) is 0 Å². The number of aromatic nitrogens is 2. The number of nitrogens with one attached hydrogen (secondary N) is 1. The van der Waals surface area contributed by atoms with Gasteiger partial charge >= 0.3 is 0 Å². The van der Waals surface area contributed by atoms with Gasteiger partial charge in [0.15, 0.2) is 0 Å². The summed E-state index contributed by atoms with van der Waals surface area (Å²) in [6, 6.07) is 7.49. The molecule has 0 saturated carbocycles. The van der Waals surface area contributed by atoms with Crippen LogP contribution in [0.5, 0.6) is 5.75 Å². The van der Waals surface area contributed by atoms with Crippen LogP contribution in [0.25, 0.3) is 0 Å². The molecule has 1 heterocycles. The molecule has 3 N–H and O–H groups in total. The van der Waals surface area contributed by atoms with E-state index in [2.05, 4.69) is 15.3 Å². The van der Waals surface area contributed by atoms with Crippen molar-refractivity contribution in [1.29, 1.82) is 0 Å². The minimum atomic E-state index is 0.482. The monoisotopic (exact) mass is 264 g/mol. The second-order valence-electron chi connectivity index (χ2n) is 3.51. The number of nitrogens with zero attached hydrogens (tertiary/aromatic N) is 2. The number of nitrogens with two attached hydrogens (primary N) is 1. The number of benzene rings is 1. The lowest BCUT2D eigenvalue weighted by molar-refractivity contribution is 0.328. The Morgan fingerprint density at radius 1 is 1.28 bits per heavy atom. The number of ether oxygens (including phenoxy) is 1. The summed E-state index contributed by atoms with van der Waals surface area (Å²) in [6.45, 7) is 0.971. The summed E-state index contributed by atoms with van der Waals surface area (Å²) in [5.41, 5.74) is 6.22. The molecule has 0 bridgehead atoms. The van der Waals surface area contributed by atoms with Gasteiger partial charge in [0.1, 0.15) is 12.4 Å².